The van der Waals surface area contributed by atoms with Gasteiger partial charge in [0, 0.05) is 67.3 Å². The molecule has 1 spiro atoms. The molecule has 1 amide bonds. The molecule has 0 aromatic carbocycles. The number of amides is 1. The Morgan fingerprint density at radius 2 is 2.00 bits per heavy atom. The van der Waals surface area contributed by atoms with Crippen molar-refractivity contribution in [1.82, 2.24) is 15.0 Å². The first-order chi connectivity index (χ1) is 14.7. The smallest absolute Gasteiger partial charge is 0.227 e. The van der Waals surface area contributed by atoms with Gasteiger partial charge < -0.3 is 15.1 Å². The van der Waals surface area contributed by atoms with E-state index in [0.29, 0.717) is 24.9 Å². The summed E-state index contributed by atoms with van der Waals surface area (Å²) < 4.78 is 24.2. The fourth-order valence-corrected chi connectivity index (χ4v) is 5.75. The summed E-state index contributed by atoms with van der Waals surface area (Å²) in [5.74, 6) is 1.87. The highest BCUT2D eigenvalue weighted by atomic mass is 32.2. The molecule has 2 aromatic heterocycles. The molecular formula is C21H26N6O3S. The summed E-state index contributed by atoms with van der Waals surface area (Å²) in [7, 11) is -3.05. The van der Waals surface area contributed by atoms with Gasteiger partial charge in [-0.1, -0.05) is 6.92 Å². The van der Waals surface area contributed by atoms with Gasteiger partial charge in [-0.15, -0.1) is 0 Å². The Labute approximate surface area is 181 Å². The first-order valence-electron chi connectivity index (χ1n) is 10.6. The van der Waals surface area contributed by atoms with Crippen molar-refractivity contribution >= 4 is 39.0 Å². The van der Waals surface area contributed by atoms with Crippen molar-refractivity contribution in [3.05, 3.63) is 29.6 Å². The lowest BCUT2D eigenvalue weighted by molar-refractivity contribution is -0.114. The van der Waals surface area contributed by atoms with Crippen LogP contribution in [-0.4, -0.2) is 59.9 Å². The fourth-order valence-electron chi connectivity index (χ4n) is 4.46. The van der Waals surface area contributed by atoms with Crippen LogP contribution in [0.3, 0.4) is 0 Å². The maximum absolute atomic E-state index is 12.1. The molecule has 3 aliphatic rings. The van der Waals surface area contributed by atoms with Crippen molar-refractivity contribution < 1.29 is 13.2 Å². The number of hydrogen-bond donors (Lipinski definition) is 1. The molecule has 31 heavy (non-hydrogen) atoms. The van der Waals surface area contributed by atoms with Gasteiger partial charge in [-0.05, 0) is 19.8 Å². The number of hydrogen-bond acceptors (Lipinski definition) is 8. The van der Waals surface area contributed by atoms with Crippen molar-refractivity contribution in [2.24, 2.45) is 0 Å². The predicted octanol–water partition coefficient (Wildman–Crippen LogP) is 1.95. The molecule has 2 aliphatic heterocycles. The number of sulfone groups is 1. The van der Waals surface area contributed by atoms with Crippen LogP contribution in [0.1, 0.15) is 37.9 Å². The van der Waals surface area contributed by atoms with Crippen LogP contribution in [0.4, 0.5) is 23.3 Å². The maximum atomic E-state index is 12.1. The lowest BCUT2D eigenvalue weighted by Gasteiger charge is -2.38. The van der Waals surface area contributed by atoms with Crippen LogP contribution >= 0.6 is 0 Å². The second kappa shape index (κ2) is 6.88. The molecule has 4 heterocycles. The van der Waals surface area contributed by atoms with Gasteiger partial charge in [0.25, 0.3) is 0 Å². The number of pyridine rings is 1. The summed E-state index contributed by atoms with van der Waals surface area (Å²) in [5, 5.41) is 2.41. The number of carbonyl (C=O) groups excluding carboxylic acids is 1. The molecule has 1 aliphatic carbocycles. The molecule has 10 heteroatoms. The number of nitrogens with zero attached hydrogens (tertiary/aromatic N) is 5. The molecule has 0 bridgehead atoms. The lowest BCUT2D eigenvalue weighted by Crippen LogP contribution is -2.55. The zero-order valence-corrected chi connectivity index (χ0v) is 18.7. The zero-order chi connectivity index (χ0) is 22.0. The van der Waals surface area contributed by atoms with Crippen LogP contribution in [0.15, 0.2) is 18.3 Å². The molecule has 5 rings (SSSR count). The Bertz CT molecular complexity index is 1170. The normalized spacial score (nSPS) is 19.3. The Kier molecular flexibility index (Phi) is 4.47. The maximum Gasteiger partial charge on any atom is 0.227 e. The average Bonchev–Trinajstić information content (AvgIpc) is 3.36. The van der Waals surface area contributed by atoms with E-state index in [-0.39, 0.29) is 22.3 Å². The topological polar surface area (TPSA) is 108 Å². The first-order valence-corrected chi connectivity index (χ1v) is 12.3. The van der Waals surface area contributed by atoms with Crippen LogP contribution in [0.5, 0.6) is 0 Å². The third kappa shape index (κ3) is 3.42. The van der Waals surface area contributed by atoms with Crippen LogP contribution in [0.25, 0.3) is 0 Å². The molecule has 2 aromatic rings. The van der Waals surface area contributed by atoms with Crippen molar-refractivity contribution in [3.8, 4) is 0 Å². The van der Waals surface area contributed by atoms with E-state index in [1.165, 1.54) is 12.5 Å². The second-order valence-electron chi connectivity index (χ2n) is 8.78. The van der Waals surface area contributed by atoms with Crippen LogP contribution in [0.2, 0.25) is 0 Å². The number of aryl methyl sites for hydroxylation is 1. The standard InChI is InChI=1S/C21H26N6O3S/c1-4-31(29,30)15-10-26(11-15)20-23-13(2)7-19(25-20)27-12-21(5-6-21)16-9-22-18(8-17(16)27)24-14(3)28/h7-9,15H,4-6,10-12H2,1-3H3,(H,22,24,28). The van der Waals surface area contributed by atoms with Gasteiger partial charge in [-0.25, -0.2) is 18.4 Å². The molecule has 0 atom stereocenters. The lowest BCUT2D eigenvalue weighted by atomic mass is 10.0. The molecule has 2 fully saturated rings. The summed E-state index contributed by atoms with van der Waals surface area (Å²) >= 11 is 0. The Balaban J connectivity index is 1.46. The number of anilines is 4. The minimum atomic E-state index is -3.05. The van der Waals surface area contributed by atoms with E-state index >= 15 is 0 Å². The van der Waals surface area contributed by atoms with Crippen LogP contribution in [0, 0.1) is 6.92 Å². The van der Waals surface area contributed by atoms with Crippen LogP contribution < -0.4 is 15.1 Å². The summed E-state index contributed by atoms with van der Waals surface area (Å²) in [6.45, 7) is 6.74. The summed E-state index contributed by atoms with van der Waals surface area (Å²) in [6.07, 6.45) is 4.09. The highest BCUT2D eigenvalue weighted by Gasteiger charge is 2.52. The Morgan fingerprint density at radius 3 is 2.65 bits per heavy atom. The van der Waals surface area contributed by atoms with Crippen molar-refractivity contribution in [1.29, 1.82) is 0 Å². The molecule has 164 valence electrons. The van der Waals surface area contributed by atoms with E-state index in [4.69, 9.17) is 4.98 Å². The second-order valence-corrected chi connectivity index (χ2v) is 11.4. The average molecular weight is 443 g/mol. The SMILES string of the molecule is CCS(=O)(=O)C1CN(c2nc(C)cc(N3CC4(CC4)c4cnc(NC(C)=O)cc43)n2)C1. The third-order valence-electron chi connectivity index (χ3n) is 6.51. The van der Waals surface area contributed by atoms with Gasteiger partial charge >= 0.3 is 0 Å². The van der Waals surface area contributed by atoms with Crippen molar-refractivity contribution in [2.45, 2.75) is 44.3 Å². The summed E-state index contributed by atoms with van der Waals surface area (Å²) in [4.78, 5) is 29.4. The Hall–Kier alpha value is -2.75. The summed E-state index contributed by atoms with van der Waals surface area (Å²) in [6, 6.07) is 3.86. The number of aromatic nitrogens is 3. The third-order valence-corrected chi connectivity index (χ3v) is 8.63. The Morgan fingerprint density at radius 1 is 1.26 bits per heavy atom. The quantitative estimate of drug-likeness (QED) is 0.748. The predicted molar refractivity (Wildman–Crippen MR) is 119 cm³/mol. The number of nitrogens with one attached hydrogen (secondary N) is 1. The van der Waals surface area contributed by atoms with E-state index in [2.05, 4.69) is 20.2 Å². The van der Waals surface area contributed by atoms with Gasteiger partial charge in [-0.2, -0.15) is 4.98 Å². The monoisotopic (exact) mass is 442 g/mol. The van der Waals surface area contributed by atoms with Gasteiger partial charge in [-0.3, -0.25) is 4.79 Å². The van der Waals surface area contributed by atoms with Gasteiger partial charge in [0.15, 0.2) is 9.84 Å². The zero-order valence-electron chi connectivity index (χ0n) is 17.9. The minimum absolute atomic E-state index is 0.104. The van der Waals surface area contributed by atoms with E-state index in [0.717, 1.165) is 36.6 Å². The fraction of sp³-hybridized carbons (Fsp3) is 0.524. The van der Waals surface area contributed by atoms with Gasteiger partial charge in [0.1, 0.15) is 11.6 Å². The molecular weight excluding hydrogens is 416 g/mol. The molecule has 0 radical (unpaired) electrons. The highest BCUT2D eigenvalue weighted by Crippen LogP contribution is 2.58. The molecule has 1 N–H and O–H groups in total. The minimum Gasteiger partial charge on any atom is -0.338 e. The molecule has 1 saturated heterocycles. The van der Waals surface area contributed by atoms with Gasteiger partial charge in [0.2, 0.25) is 11.9 Å². The number of rotatable bonds is 5. The van der Waals surface area contributed by atoms with Gasteiger partial charge in [0.05, 0.1) is 10.9 Å². The van der Waals surface area contributed by atoms with Crippen LogP contribution in [-0.2, 0) is 20.0 Å². The first kappa shape index (κ1) is 20.2. The molecule has 9 nitrogen and oxygen atoms in total. The highest BCUT2D eigenvalue weighted by molar-refractivity contribution is 7.92. The molecule has 0 unspecified atom stereocenters. The number of carbonyl (C=O) groups is 1. The van der Waals surface area contributed by atoms with Crippen molar-refractivity contribution in [3.63, 3.8) is 0 Å². The van der Waals surface area contributed by atoms with E-state index in [9.17, 15) is 13.2 Å². The van der Waals surface area contributed by atoms with E-state index < -0.39 is 9.84 Å². The number of fused-ring (bicyclic) bond motifs is 2. The van der Waals surface area contributed by atoms with Crippen molar-refractivity contribution in [2.75, 3.05) is 40.5 Å². The molecule has 1 saturated carbocycles. The summed E-state index contributed by atoms with van der Waals surface area (Å²) in [5.41, 5.74) is 3.14. The van der Waals surface area contributed by atoms with E-state index in [1.807, 2.05) is 30.2 Å². The van der Waals surface area contributed by atoms with E-state index in [1.54, 1.807) is 6.92 Å². The largest absolute Gasteiger partial charge is 0.338 e.